The van der Waals surface area contributed by atoms with Crippen molar-refractivity contribution in [2.45, 2.75) is 26.0 Å². The van der Waals surface area contributed by atoms with E-state index in [-0.39, 0.29) is 5.57 Å². The fourth-order valence-corrected chi connectivity index (χ4v) is 0.451. The molecule has 14 heavy (non-hydrogen) atoms. The van der Waals surface area contributed by atoms with Gasteiger partial charge in [0.1, 0.15) is 12.1 Å². The molecule has 0 fully saturated rings. The number of aliphatic carboxylic acids is 1. The predicted molar refractivity (Wildman–Crippen MR) is 47.1 cm³/mol. The Morgan fingerprint density at radius 2 is 2.00 bits per heavy atom. The molecule has 6 nitrogen and oxygen atoms in total. The number of nitrogens with two attached hydrogens (primary N) is 1. The van der Waals surface area contributed by atoms with Gasteiger partial charge in [-0.3, -0.25) is 9.68 Å². The molecule has 0 spiro atoms. The summed E-state index contributed by atoms with van der Waals surface area (Å²) in [6.07, 6.45) is -0.921. The second kappa shape index (κ2) is 5.36. The molecule has 80 valence electrons. The van der Waals surface area contributed by atoms with Crippen molar-refractivity contribution in [3.05, 3.63) is 12.2 Å². The molecule has 0 saturated heterocycles. The lowest BCUT2D eigenvalue weighted by molar-refractivity contribution is -0.293. The third-order valence-corrected chi connectivity index (χ3v) is 1.41. The molecule has 3 N–H and O–H groups in total. The molecule has 2 atom stereocenters. The summed E-state index contributed by atoms with van der Waals surface area (Å²) in [5, 5.41) is 8.46. The molecular weight excluding hydrogens is 190 g/mol. The minimum Gasteiger partial charge on any atom is -0.480 e. The van der Waals surface area contributed by atoms with Gasteiger partial charge in [-0.2, -0.15) is 4.89 Å². The van der Waals surface area contributed by atoms with Gasteiger partial charge in [0.25, 0.3) is 0 Å². The molecule has 0 amide bonds. The highest BCUT2D eigenvalue weighted by atomic mass is 17.2. The highest BCUT2D eigenvalue weighted by molar-refractivity contribution is 5.86. The molecule has 0 radical (unpaired) electrons. The summed E-state index contributed by atoms with van der Waals surface area (Å²) in [5.41, 5.74) is 5.34. The van der Waals surface area contributed by atoms with Gasteiger partial charge in [-0.1, -0.05) is 6.58 Å². The largest absolute Gasteiger partial charge is 0.480 e. The van der Waals surface area contributed by atoms with Gasteiger partial charge in [0.15, 0.2) is 0 Å². The smallest absolute Gasteiger partial charge is 0.368 e. The number of rotatable bonds is 5. The maximum absolute atomic E-state index is 10.8. The van der Waals surface area contributed by atoms with Gasteiger partial charge in [0, 0.05) is 5.57 Å². The molecule has 0 aliphatic rings. The first-order valence-electron chi connectivity index (χ1n) is 3.87. The SMILES string of the molecule is C=C(C)C(=O)OO[C@H](C)[C@H](N)C(=O)O. The number of carboxylic acid groups (broad SMARTS) is 1. The lowest BCUT2D eigenvalue weighted by Crippen LogP contribution is -2.41. The van der Waals surface area contributed by atoms with Gasteiger partial charge in [-0.15, -0.1) is 0 Å². The molecule has 0 aliphatic heterocycles. The number of carboxylic acids is 1. The van der Waals surface area contributed by atoms with E-state index in [1.165, 1.54) is 13.8 Å². The van der Waals surface area contributed by atoms with E-state index in [4.69, 9.17) is 10.8 Å². The summed E-state index contributed by atoms with van der Waals surface area (Å²) in [5.74, 6) is -1.99. The highest BCUT2D eigenvalue weighted by Crippen LogP contribution is 2.00. The third-order valence-electron chi connectivity index (χ3n) is 1.41. The van der Waals surface area contributed by atoms with Crippen molar-refractivity contribution in [1.29, 1.82) is 0 Å². The quantitative estimate of drug-likeness (QED) is 0.366. The van der Waals surface area contributed by atoms with E-state index in [0.29, 0.717) is 0 Å². The fourth-order valence-electron chi connectivity index (χ4n) is 0.451. The lowest BCUT2D eigenvalue weighted by Gasteiger charge is -2.14. The first-order valence-corrected chi connectivity index (χ1v) is 3.87. The van der Waals surface area contributed by atoms with Crippen molar-refractivity contribution in [2.75, 3.05) is 0 Å². The second-order valence-corrected chi connectivity index (χ2v) is 2.82. The average molecular weight is 203 g/mol. The van der Waals surface area contributed by atoms with E-state index in [9.17, 15) is 9.59 Å². The minimum absolute atomic E-state index is 0.154. The first-order chi connectivity index (χ1) is 6.36. The van der Waals surface area contributed by atoms with E-state index < -0.39 is 24.1 Å². The van der Waals surface area contributed by atoms with Crippen LogP contribution in [0.2, 0.25) is 0 Å². The molecule has 0 aliphatic carbocycles. The molecule has 0 bridgehead atoms. The van der Waals surface area contributed by atoms with Crippen LogP contribution in [-0.4, -0.2) is 29.2 Å². The second-order valence-electron chi connectivity index (χ2n) is 2.82. The number of hydrogen-bond acceptors (Lipinski definition) is 5. The monoisotopic (exact) mass is 203 g/mol. The van der Waals surface area contributed by atoms with Gasteiger partial charge in [-0.25, -0.2) is 4.79 Å². The van der Waals surface area contributed by atoms with Crippen LogP contribution in [0.4, 0.5) is 0 Å². The first kappa shape index (κ1) is 12.6. The molecule has 0 rings (SSSR count). The summed E-state index contributed by atoms with van der Waals surface area (Å²) in [7, 11) is 0. The average Bonchev–Trinajstić information content (AvgIpc) is 2.11. The Balaban J connectivity index is 3.96. The Labute approximate surface area is 81.2 Å². The Morgan fingerprint density at radius 1 is 1.50 bits per heavy atom. The minimum atomic E-state index is -1.24. The van der Waals surface area contributed by atoms with Crippen molar-refractivity contribution >= 4 is 11.9 Å². The van der Waals surface area contributed by atoms with Crippen LogP contribution in [0.5, 0.6) is 0 Å². The van der Waals surface area contributed by atoms with E-state index >= 15 is 0 Å². The Kier molecular flexibility index (Phi) is 4.82. The molecule has 0 aromatic heterocycles. The number of hydrogen-bond donors (Lipinski definition) is 2. The van der Waals surface area contributed by atoms with E-state index in [2.05, 4.69) is 16.4 Å². The van der Waals surface area contributed by atoms with Gasteiger partial charge >= 0.3 is 11.9 Å². The molecule has 6 heteroatoms. The van der Waals surface area contributed by atoms with Crippen LogP contribution in [0.15, 0.2) is 12.2 Å². The van der Waals surface area contributed by atoms with Crippen LogP contribution < -0.4 is 5.73 Å². The van der Waals surface area contributed by atoms with Crippen molar-refractivity contribution < 1.29 is 24.5 Å². The maximum atomic E-state index is 10.8. The zero-order valence-corrected chi connectivity index (χ0v) is 8.02. The van der Waals surface area contributed by atoms with Crippen LogP contribution in [0.3, 0.4) is 0 Å². The fraction of sp³-hybridized carbons (Fsp3) is 0.500. The third kappa shape index (κ3) is 4.01. The molecular formula is C8H13NO5. The summed E-state index contributed by atoms with van der Waals surface area (Å²) in [6, 6.07) is -1.24. The van der Waals surface area contributed by atoms with Crippen molar-refractivity contribution in [3.63, 3.8) is 0 Å². The van der Waals surface area contributed by atoms with Crippen molar-refractivity contribution in [2.24, 2.45) is 5.73 Å². The molecule has 0 heterocycles. The Morgan fingerprint density at radius 3 is 2.36 bits per heavy atom. The Hall–Kier alpha value is -1.40. The van der Waals surface area contributed by atoms with Crippen molar-refractivity contribution in [1.82, 2.24) is 0 Å². The molecule has 0 saturated carbocycles. The van der Waals surface area contributed by atoms with E-state index in [1.807, 2.05) is 0 Å². The zero-order chi connectivity index (χ0) is 11.3. The highest BCUT2D eigenvalue weighted by Gasteiger charge is 2.23. The van der Waals surface area contributed by atoms with Crippen LogP contribution in [0.1, 0.15) is 13.8 Å². The summed E-state index contributed by atoms with van der Waals surface area (Å²) < 4.78 is 0. The standard InChI is InChI=1S/C8H13NO5/c1-4(2)8(12)14-13-5(3)6(9)7(10)11/h5-6H,1,9H2,2-3H3,(H,10,11)/t5-,6+/m1/s1. The Bertz CT molecular complexity index is 250. The van der Waals surface area contributed by atoms with Gasteiger partial charge in [0.2, 0.25) is 0 Å². The summed E-state index contributed by atoms with van der Waals surface area (Å²) in [4.78, 5) is 29.9. The summed E-state index contributed by atoms with van der Waals surface area (Å²) in [6.45, 7) is 6.13. The normalized spacial score (nSPS) is 14.2. The zero-order valence-electron chi connectivity index (χ0n) is 8.02. The lowest BCUT2D eigenvalue weighted by atomic mass is 10.2. The molecule has 0 aromatic carbocycles. The van der Waals surface area contributed by atoms with Gasteiger partial charge in [0.05, 0.1) is 0 Å². The van der Waals surface area contributed by atoms with Crippen LogP contribution >= 0.6 is 0 Å². The van der Waals surface area contributed by atoms with Crippen molar-refractivity contribution in [3.8, 4) is 0 Å². The van der Waals surface area contributed by atoms with Gasteiger partial charge < -0.3 is 10.8 Å². The predicted octanol–water partition coefficient (Wildman–Crippen LogP) is -0.162. The van der Waals surface area contributed by atoms with E-state index in [0.717, 1.165) is 0 Å². The molecule has 0 unspecified atom stereocenters. The topological polar surface area (TPSA) is 98.9 Å². The summed E-state index contributed by atoms with van der Waals surface area (Å²) >= 11 is 0. The number of carbonyl (C=O) groups excluding carboxylic acids is 1. The van der Waals surface area contributed by atoms with Crippen LogP contribution in [0.25, 0.3) is 0 Å². The van der Waals surface area contributed by atoms with Gasteiger partial charge in [-0.05, 0) is 13.8 Å². The van der Waals surface area contributed by atoms with Crippen LogP contribution in [-0.2, 0) is 19.4 Å². The van der Waals surface area contributed by atoms with E-state index in [1.54, 1.807) is 0 Å². The number of carbonyl (C=O) groups is 2. The maximum Gasteiger partial charge on any atom is 0.368 e. The van der Waals surface area contributed by atoms with Crippen LogP contribution in [0, 0.1) is 0 Å². The molecule has 0 aromatic rings.